The molecule has 0 fully saturated rings. The highest BCUT2D eigenvalue weighted by atomic mass is 19.4. The average Bonchev–Trinajstić information content (AvgIpc) is 2.74. The highest BCUT2D eigenvalue weighted by molar-refractivity contribution is 5.73. The van der Waals surface area contributed by atoms with Crippen molar-refractivity contribution in [2.45, 2.75) is 25.9 Å². The Bertz CT molecular complexity index is 476. The van der Waals surface area contributed by atoms with Crippen LogP contribution in [-0.4, -0.2) is 23.9 Å². The van der Waals surface area contributed by atoms with E-state index in [4.69, 9.17) is 9.90 Å². The second kappa shape index (κ2) is 6.51. The van der Waals surface area contributed by atoms with Crippen molar-refractivity contribution in [1.29, 1.82) is 0 Å². The maximum Gasteiger partial charge on any atom is 0.490 e. The van der Waals surface area contributed by atoms with Crippen LogP contribution in [0.2, 0.25) is 0 Å². The highest BCUT2D eigenvalue weighted by Crippen LogP contribution is 2.22. The SMILES string of the molecule is FC(F)Oc1ccc2c(c1)CNC2.O=C(O)C(F)(F)F. The maximum atomic E-state index is 11.8. The molecule has 0 bridgehead atoms. The molecule has 1 aliphatic heterocycles. The number of carboxylic acid groups (broad SMARTS) is 1. The third-order valence-electron chi connectivity index (χ3n) is 2.28. The van der Waals surface area contributed by atoms with Crippen LogP contribution in [0, 0.1) is 0 Å². The number of rotatable bonds is 2. The van der Waals surface area contributed by atoms with Gasteiger partial charge in [-0.15, -0.1) is 0 Å². The number of carboxylic acids is 1. The van der Waals surface area contributed by atoms with Crippen molar-refractivity contribution >= 4 is 5.97 Å². The summed E-state index contributed by atoms with van der Waals surface area (Å²) >= 11 is 0. The Labute approximate surface area is 110 Å². The van der Waals surface area contributed by atoms with E-state index in [9.17, 15) is 22.0 Å². The third kappa shape index (κ3) is 5.00. The molecule has 1 aliphatic rings. The average molecular weight is 299 g/mol. The number of nitrogens with one attached hydrogen (secondary N) is 1. The van der Waals surface area contributed by atoms with Crippen LogP contribution in [0.4, 0.5) is 22.0 Å². The molecule has 0 aliphatic carbocycles. The van der Waals surface area contributed by atoms with Crippen molar-refractivity contribution in [3.63, 3.8) is 0 Å². The number of carbonyl (C=O) groups is 1. The molecule has 1 heterocycles. The molecule has 0 saturated heterocycles. The molecule has 2 rings (SSSR count). The standard InChI is InChI=1S/C9H9F2NO.C2HF3O2/c10-9(11)13-8-2-1-6-4-12-5-7(6)3-8;3-2(4,5)1(6)7/h1-3,9,12H,4-5H2;(H,6,7). The fourth-order valence-corrected chi connectivity index (χ4v) is 1.45. The molecule has 1 aromatic carbocycles. The van der Waals surface area contributed by atoms with Crippen LogP contribution < -0.4 is 10.1 Å². The lowest BCUT2D eigenvalue weighted by Gasteiger charge is -2.05. The van der Waals surface area contributed by atoms with E-state index in [-0.39, 0.29) is 5.75 Å². The molecule has 0 saturated carbocycles. The predicted octanol–water partition coefficient (Wildman–Crippen LogP) is 2.52. The van der Waals surface area contributed by atoms with Gasteiger partial charge >= 0.3 is 18.8 Å². The molecule has 112 valence electrons. The van der Waals surface area contributed by atoms with Gasteiger partial charge in [0.05, 0.1) is 0 Å². The van der Waals surface area contributed by atoms with Crippen molar-refractivity contribution in [2.75, 3.05) is 0 Å². The molecule has 0 amide bonds. The molecule has 20 heavy (non-hydrogen) atoms. The van der Waals surface area contributed by atoms with Crippen LogP contribution in [0.25, 0.3) is 0 Å². The number of ether oxygens (including phenoxy) is 1. The second-order valence-corrected chi connectivity index (χ2v) is 3.72. The lowest BCUT2D eigenvalue weighted by molar-refractivity contribution is -0.192. The van der Waals surface area contributed by atoms with Crippen molar-refractivity contribution in [1.82, 2.24) is 5.32 Å². The van der Waals surface area contributed by atoms with E-state index in [1.807, 2.05) is 6.07 Å². The van der Waals surface area contributed by atoms with Gasteiger partial charge in [-0.25, -0.2) is 4.79 Å². The first kappa shape index (κ1) is 16.2. The number of hydrogen-bond donors (Lipinski definition) is 2. The Morgan fingerprint density at radius 2 is 1.80 bits per heavy atom. The van der Waals surface area contributed by atoms with E-state index in [1.54, 1.807) is 12.1 Å². The molecule has 1 aromatic rings. The fraction of sp³-hybridized carbons (Fsp3) is 0.364. The van der Waals surface area contributed by atoms with Gasteiger partial charge in [-0.2, -0.15) is 22.0 Å². The lowest BCUT2D eigenvalue weighted by atomic mass is 10.1. The van der Waals surface area contributed by atoms with Crippen molar-refractivity contribution < 1.29 is 36.6 Å². The van der Waals surface area contributed by atoms with Crippen LogP contribution in [-0.2, 0) is 17.9 Å². The number of halogens is 5. The first-order valence-corrected chi connectivity index (χ1v) is 5.27. The zero-order valence-electron chi connectivity index (χ0n) is 9.88. The Morgan fingerprint density at radius 3 is 2.30 bits per heavy atom. The van der Waals surface area contributed by atoms with Crippen LogP contribution in [0.15, 0.2) is 18.2 Å². The number of alkyl halides is 5. The number of fused-ring (bicyclic) bond motifs is 1. The van der Waals surface area contributed by atoms with Crippen molar-refractivity contribution in [2.24, 2.45) is 0 Å². The van der Waals surface area contributed by atoms with Gasteiger partial charge in [-0.3, -0.25) is 0 Å². The van der Waals surface area contributed by atoms with Gasteiger partial charge in [0, 0.05) is 13.1 Å². The minimum Gasteiger partial charge on any atom is -0.475 e. The zero-order valence-corrected chi connectivity index (χ0v) is 9.88. The van der Waals surface area contributed by atoms with E-state index >= 15 is 0 Å². The van der Waals surface area contributed by atoms with E-state index in [0.29, 0.717) is 0 Å². The molecule has 0 unspecified atom stereocenters. The number of hydrogen-bond acceptors (Lipinski definition) is 3. The predicted molar refractivity (Wildman–Crippen MR) is 57.3 cm³/mol. The third-order valence-corrected chi connectivity index (χ3v) is 2.28. The molecule has 0 aromatic heterocycles. The molecule has 0 atom stereocenters. The molecule has 0 radical (unpaired) electrons. The summed E-state index contributed by atoms with van der Waals surface area (Å²) in [6, 6.07) is 5.03. The zero-order chi connectivity index (χ0) is 15.3. The minimum atomic E-state index is -5.08. The van der Waals surface area contributed by atoms with Crippen LogP contribution in [0.3, 0.4) is 0 Å². The Balaban J connectivity index is 0.000000246. The highest BCUT2D eigenvalue weighted by Gasteiger charge is 2.38. The summed E-state index contributed by atoms with van der Waals surface area (Å²) in [6.07, 6.45) is -5.08. The van der Waals surface area contributed by atoms with Gasteiger partial charge in [-0.1, -0.05) is 6.07 Å². The summed E-state index contributed by atoms with van der Waals surface area (Å²) in [5.74, 6) is -2.52. The Hall–Kier alpha value is -1.90. The number of benzene rings is 1. The summed E-state index contributed by atoms with van der Waals surface area (Å²) in [7, 11) is 0. The molecule has 0 spiro atoms. The lowest BCUT2D eigenvalue weighted by Crippen LogP contribution is -2.21. The van der Waals surface area contributed by atoms with Crippen molar-refractivity contribution in [3.8, 4) is 5.75 Å². The summed E-state index contributed by atoms with van der Waals surface area (Å²) in [5.41, 5.74) is 2.19. The van der Waals surface area contributed by atoms with Gasteiger partial charge in [0.1, 0.15) is 5.75 Å². The van der Waals surface area contributed by atoms with E-state index in [2.05, 4.69) is 10.1 Å². The first-order valence-electron chi connectivity index (χ1n) is 5.27. The van der Waals surface area contributed by atoms with Gasteiger partial charge in [0.25, 0.3) is 0 Å². The summed E-state index contributed by atoms with van der Waals surface area (Å²) in [5, 5.41) is 10.3. The van der Waals surface area contributed by atoms with Crippen LogP contribution in [0.1, 0.15) is 11.1 Å². The Morgan fingerprint density at radius 1 is 1.25 bits per heavy atom. The summed E-state index contributed by atoms with van der Waals surface area (Å²) in [6.45, 7) is -1.20. The Kier molecular flexibility index (Phi) is 5.26. The maximum absolute atomic E-state index is 11.8. The summed E-state index contributed by atoms with van der Waals surface area (Å²) in [4.78, 5) is 8.90. The normalized spacial score (nSPS) is 13.5. The summed E-state index contributed by atoms with van der Waals surface area (Å²) < 4.78 is 59.7. The smallest absolute Gasteiger partial charge is 0.475 e. The molecule has 4 nitrogen and oxygen atoms in total. The quantitative estimate of drug-likeness (QED) is 0.824. The van der Waals surface area contributed by atoms with E-state index < -0.39 is 18.8 Å². The molecule has 2 N–H and O–H groups in total. The van der Waals surface area contributed by atoms with Crippen molar-refractivity contribution in [3.05, 3.63) is 29.3 Å². The van der Waals surface area contributed by atoms with Gasteiger partial charge in [0.15, 0.2) is 0 Å². The topological polar surface area (TPSA) is 58.6 Å². The van der Waals surface area contributed by atoms with Gasteiger partial charge in [-0.05, 0) is 23.3 Å². The first-order chi connectivity index (χ1) is 9.20. The monoisotopic (exact) mass is 299 g/mol. The van der Waals surface area contributed by atoms with Gasteiger partial charge in [0.2, 0.25) is 0 Å². The van der Waals surface area contributed by atoms with E-state index in [1.165, 1.54) is 0 Å². The van der Waals surface area contributed by atoms with E-state index in [0.717, 1.165) is 24.2 Å². The largest absolute Gasteiger partial charge is 0.490 e. The molecular weight excluding hydrogens is 289 g/mol. The second-order valence-electron chi connectivity index (χ2n) is 3.72. The van der Waals surface area contributed by atoms with Crippen LogP contribution in [0.5, 0.6) is 5.75 Å². The number of aliphatic carboxylic acids is 1. The fourth-order valence-electron chi connectivity index (χ4n) is 1.45. The molecule has 9 heteroatoms. The van der Waals surface area contributed by atoms with Crippen LogP contribution >= 0.6 is 0 Å². The molecular formula is C11H10F5NO3. The minimum absolute atomic E-state index is 0.234. The van der Waals surface area contributed by atoms with Gasteiger partial charge < -0.3 is 15.2 Å².